The Balaban J connectivity index is 0.00000169. The molecule has 0 spiro atoms. The van der Waals surface area contributed by atoms with Gasteiger partial charge in [-0.15, -0.1) is 24.8 Å². The van der Waals surface area contributed by atoms with Gasteiger partial charge in [0.15, 0.2) is 0 Å². The fourth-order valence-electron chi connectivity index (χ4n) is 3.37. The molecule has 1 aromatic rings. The highest BCUT2D eigenvalue weighted by atomic mass is 35.5. The third-order valence-corrected chi connectivity index (χ3v) is 4.90. The van der Waals surface area contributed by atoms with Crippen molar-refractivity contribution in [2.75, 3.05) is 24.5 Å². The quantitative estimate of drug-likeness (QED) is 0.770. The van der Waals surface area contributed by atoms with Crippen LogP contribution in [0.3, 0.4) is 0 Å². The number of amides is 1. The summed E-state index contributed by atoms with van der Waals surface area (Å²) in [6.45, 7) is 4.36. The number of hydrogen-bond donors (Lipinski definition) is 2. The molecule has 2 fully saturated rings. The molecule has 0 aliphatic carbocycles. The van der Waals surface area contributed by atoms with E-state index in [1.54, 1.807) is 6.33 Å². The van der Waals surface area contributed by atoms with Crippen molar-refractivity contribution in [1.29, 1.82) is 0 Å². The number of rotatable bonds is 5. The average Bonchev–Trinajstić information content (AvgIpc) is 3.12. The van der Waals surface area contributed by atoms with Crippen LogP contribution in [0.25, 0.3) is 0 Å². The van der Waals surface area contributed by atoms with Crippen LogP contribution < -0.4 is 16.0 Å². The predicted octanol–water partition coefficient (Wildman–Crippen LogP) is 1.47. The average molecular weight is 406 g/mol. The minimum atomic E-state index is -0.328. The molecule has 2 atom stereocenters. The molecule has 0 bridgehead atoms. The van der Waals surface area contributed by atoms with E-state index in [1.807, 2.05) is 0 Å². The maximum atomic E-state index is 12.3. The lowest BCUT2D eigenvalue weighted by Crippen LogP contribution is -2.47. The van der Waals surface area contributed by atoms with Crippen LogP contribution in [0.1, 0.15) is 38.3 Å². The molecule has 26 heavy (non-hydrogen) atoms. The van der Waals surface area contributed by atoms with Crippen LogP contribution in [-0.4, -0.2) is 53.8 Å². The van der Waals surface area contributed by atoms with Gasteiger partial charge in [-0.1, -0.05) is 6.92 Å². The largest absolute Gasteiger partial charge is 0.364 e. The lowest BCUT2D eigenvalue weighted by molar-refractivity contribution is -0.132. The zero-order valence-electron chi connectivity index (χ0n) is 15.1. The molecule has 7 nitrogen and oxygen atoms in total. The summed E-state index contributed by atoms with van der Waals surface area (Å²) in [5.74, 6) is 0.997. The SMILES string of the molecule is CCc1cc(N2CCC(NC(=O)[C@@H]3CC[C@H](CN)O3)CC2)ncn1.Cl.Cl. The summed E-state index contributed by atoms with van der Waals surface area (Å²) in [5.41, 5.74) is 6.66. The standard InChI is InChI=1S/C17H27N5O2.2ClH/c1-2-12-9-16(20-11-19-12)22-7-5-13(6-8-22)21-17(23)15-4-3-14(10-18)24-15;;/h9,11,13-15H,2-8,10,18H2,1H3,(H,21,23);2*1H/t14-,15+;;/m1../s1. The Bertz CT molecular complexity index is 570. The number of carbonyl (C=O) groups is 1. The molecule has 2 aliphatic rings. The second-order valence-corrected chi connectivity index (χ2v) is 6.55. The summed E-state index contributed by atoms with van der Waals surface area (Å²) in [4.78, 5) is 23.2. The van der Waals surface area contributed by atoms with E-state index in [0.29, 0.717) is 6.54 Å². The first kappa shape index (κ1) is 22.9. The molecule has 2 saturated heterocycles. The molecular formula is C17H29Cl2N5O2. The lowest BCUT2D eigenvalue weighted by Gasteiger charge is -2.33. The Kier molecular flexibility index (Phi) is 9.57. The number of piperidine rings is 1. The fourth-order valence-corrected chi connectivity index (χ4v) is 3.37. The van der Waals surface area contributed by atoms with Gasteiger partial charge in [0.2, 0.25) is 5.91 Å². The molecule has 9 heteroatoms. The normalized spacial score (nSPS) is 23.1. The zero-order valence-corrected chi connectivity index (χ0v) is 16.7. The molecule has 0 aromatic carbocycles. The third kappa shape index (κ3) is 5.67. The van der Waals surface area contributed by atoms with E-state index in [-0.39, 0.29) is 49.0 Å². The highest BCUT2D eigenvalue weighted by molar-refractivity contribution is 5.85. The van der Waals surface area contributed by atoms with Crippen molar-refractivity contribution in [3.63, 3.8) is 0 Å². The zero-order chi connectivity index (χ0) is 16.9. The van der Waals surface area contributed by atoms with Crippen molar-refractivity contribution in [2.45, 2.75) is 57.3 Å². The van der Waals surface area contributed by atoms with Gasteiger partial charge >= 0.3 is 0 Å². The van der Waals surface area contributed by atoms with Gasteiger partial charge < -0.3 is 20.7 Å². The molecule has 0 radical (unpaired) electrons. The number of carbonyl (C=O) groups excluding carboxylic acids is 1. The summed E-state index contributed by atoms with van der Waals surface area (Å²) in [6.07, 6.45) is 5.74. The van der Waals surface area contributed by atoms with E-state index in [1.165, 1.54) is 0 Å². The molecule has 0 unspecified atom stereocenters. The smallest absolute Gasteiger partial charge is 0.249 e. The summed E-state index contributed by atoms with van der Waals surface area (Å²) < 4.78 is 5.67. The number of halogens is 2. The minimum Gasteiger partial charge on any atom is -0.364 e. The Morgan fingerprint density at radius 1 is 1.27 bits per heavy atom. The van der Waals surface area contributed by atoms with Crippen molar-refractivity contribution in [3.05, 3.63) is 18.1 Å². The highest BCUT2D eigenvalue weighted by Crippen LogP contribution is 2.21. The Morgan fingerprint density at radius 3 is 2.62 bits per heavy atom. The third-order valence-electron chi connectivity index (χ3n) is 4.90. The van der Waals surface area contributed by atoms with Crippen molar-refractivity contribution in [2.24, 2.45) is 5.73 Å². The van der Waals surface area contributed by atoms with Gasteiger partial charge in [0, 0.05) is 37.4 Å². The number of anilines is 1. The highest BCUT2D eigenvalue weighted by Gasteiger charge is 2.31. The number of nitrogens with zero attached hydrogens (tertiary/aromatic N) is 3. The topological polar surface area (TPSA) is 93.4 Å². The monoisotopic (exact) mass is 405 g/mol. The van der Waals surface area contributed by atoms with Crippen LogP contribution in [0.4, 0.5) is 5.82 Å². The Labute approximate surface area is 167 Å². The van der Waals surface area contributed by atoms with Crippen LogP contribution >= 0.6 is 24.8 Å². The molecule has 2 aliphatic heterocycles. The summed E-state index contributed by atoms with van der Waals surface area (Å²) in [5, 5.41) is 3.14. The summed E-state index contributed by atoms with van der Waals surface area (Å²) in [7, 11) is 0. The molecule has 1 amide bonds. The van der Waals surface area contributed by atoms with E-state index in [2.05, 4.69) is 33.2 Å². The molecule has 0 saturated carbocycles. The van der Waals surface area contributed by atoms with Crippen LogP contribution in [0, 0.1) is 0 Å². The van der Waals surface area contributed by atoms with E-state index in [0.717, 1.165) is 56.7 Å². The molecule has 3 N–H and O–H groups in total. The summed E-state index contributed by atoms with van der Waals surface area (Å²) in [6, 6.07) is 2.26. The maximum Gasteiger partial charge on any atom is 0.249 e. The fraction of sp³-hybridized carbons (Fsp3) is 0.706. The van der Waals surface area contributed by atoms with Gasteiger partial charge in [-0.25, -0.2) is 9.97 Å². The molecule has 148 valence electrons. The van der Waals surface area contributed by atoms with Gasteiger partial charge in [0.1, 0.15) is 18.2 Å². The van der Waals surface area contributed by atoms with Crippen LogP contribution in [0.15, 0.2) is 12.4 Å². The van der Waals surface area contributed by atoms with Gasteiger partial charge in [0.25, 0.3) is 0 Å². The van der Waals surface area contributed by atoms with E-state index in [4.69, 9.17) is 10.5 Å². The van der Waals surface area contributed by atoms with E-state index >= 15 is 0 Å². The number of ether oxygens (including phenoxy) is 1. The number of hydrogen-bond acceptors (Lipinski definition) is 6. The van der Waals surface area contributed by atoms with E-state index in [9.17, 15) is 4.79 Å². The predicted molar refractivity (Wildman–Crippen MR) is 106 cm³/mol. The molecule has 3 rings (SSSR count). The van der Waals surface area contributed by atoms with Crippen molar-refractivity contribution in [1.82, 2.24) is 15.3 Å². The number of nitrogens with one attached hydrogen (secondary N) is 1. The van der Waals surface area contributed by atoms with Crippen LogP contribution in [-0.2, 0) is 16.0 Å². The second kappa shape index (κ2) is 10.9. The van der Waals surface area contributed by atoms with Gasteiger partial charge in [-0.05, 0) is 32.1 Å². The Hall–Kier alpha value is -1.15. The molecular weight excluding hydrogens is 377 g/mol. The first-order chi connectivity index (χ1) is 11.7. The summed E-state index contributed by atoms with van der Waals surface area (Å²) >= 11 is 0. The Morgan fingerprint density at radius 2 is 2.00 bits per heavy atom. The van der Waals surface area contributed by atoms with Crippen molar-refractivity contribution < 1.29 is 9.53 Å². The maximum absolute atomic E-state index is 12.3. The first-order valence-electron chi connectivity index (χ1n) is 8.91. The number of aromatic nitrogens is 2. The van der Waals surface area contributed by atoms with Crippen LogP contribution in [0.5, 0.6) is 0 Å². The molecule has 1 aromatic heterocycles. The van der Waals surface area contributed by atoms with Gasteiger partial charge in [-0.3, -0.25) is 4.79 Å². The minimum absolute atomic E-state index is 0. The van der Waals surface area contributed by atoms with Crippen molar-refractivity contribution in [3.8, 4) is 0 Å². The molecule has 3 heterocycles. The number of aryl methyl sites for hydroxylation is 1. The first-order valence-corrected chi connectivity index (χ1v) is 8.91. The van der Waals surface area contributed by atoms with Crippen LogP contribution in [0.2, 0.25) is 0 Å². The van der Waals surface area contributed by atoms with Gasteiger partial charge in [0.05, 0.1) is 6.10 Å². The van der Waals surface area contributed by atoms with Crippen molar-refractivity contribution >= 4 is 36.5 Å². The lowest BCUT2D eigenvalue weighted by atomic mass is 10.0. The number of nitrogens with two attached hydrogens (primary N) is 1. The second-order valence-electron chi connectivity index (χ2n) is 6.55. The van der Waals surface area contributed by atoms with E-state index < -0.39 is 0 Å². The van der Waals surface area contributed by atoms with Gasteiger partial charge in [-0.2, -0.15) is 0 Å².